The first-order chi connectivity index (χ1) is 21.8. The Morgan fingerprint density at radius 1 is 0.978 bits per heavy atom. The molecule has 4 atom stereocenters. The molecular formula is C37H51FN2O5. The van der Waals surface area contributed by atoms with E-state index in [4.69, 9.17) is 9.47 Å². The van der Waals surface area contributed by atoms with Crippen molar-refractivity contribution in [1.29, 1.82) is 0 Å². The molecule has 0 spiro atoms. The number of nitrogens with zero attached hydrogens (tertiary/aromatic N) is 2. The lowest BCUT2D eigenvalue weighted by Gasteiger charge is -2.37. The number of alkyl halides is 1. The maximum atomic E-state index is 14.2. The maximum absolute atomic E-state index is 14.2. The van der Waals surface area contributed by atoms with Crippen molar-refractivity contribution in [3.05, 3.63) is 35.5 Å². The number of hydrogen-bond donors (Lipinski definition) is 0. The zero-order chi connectivity index (χ0) is 31.5. The van der Waals surface area contributed by atoms with Gasteiger partial charge in [0.25, 0.3) is 0 Å². The van der Waals surface area contributed by atoms with E-state index in [9.17, 15) is 18.8 Å². The molecule has 0 bridgehead atoms. The minimum atomic E-state index is -0.377. The van der Waals surface area contributed by atoms with Crippen LogP contribution >= 0.6 is 0 Å². The quantitative estimate of drug-likeness (QED) is 0.271. The molecule has 2 saturated carbocycles. The van der Waals surface area contributed by atoms with Crippen LogP contribution < -0.4 is 0 Å². The number of ketones is 1. The molecular weight excluding hydrogens is 571 g/mol. The summed E-state index contributed by atoms with van der Waals surface area (Å²) in [5, 5.41) is 0.898. The topological polar surface area (TPSA) is 77.8 Å². The monoisotopic (exact) mass is 622 g/mol. The van der Waals surface area contributed by atoms with Gasteiger partial charge in [-0.15, -0.1) is 0 Å². The highest BCUT2D eigenvalue weighted by Crippen LogP contribution is 2.42. The summed E-state index contributed by atoms with van der Waals surface area (Å²) in [4.78, 5) is 43.1. The van der Waals surface area contributed by atoms with Crippen LogP contribution in [0.15, 0.2) is 24.3 Å². The van der Waals surface area contributed by atoms with Crippen LogP contribution in [-0.2, 0) is 32.5 Å². The molecule has 4 fully saturated rings. The van der Waals surface area contributed by atoms with E-state index in [0.29, 0.717) is 30.7 Å². The number of fused-ring (bicyclic) bond motifs is 1. The van der Waals surface area contributed by atoms with Gasteiger partial charge in [-0.2, -0.15) is 0 Å². The Kier molecular flexibility index (Phi) is 10.3. The second kappa shape index (κ2) is 14.4. The van der Waals surface area contributed by atoms with E-state index in [1.54, 1.807) is 0 Å². The summed E-state index contributed by atoms with van der Waals surface area (Å²) in [6, 6.07) is 7.43. The fourth-order valence-electron chi connectivity index (χ4n) is 8.86. The molecule has 3 heterocycles. The smallest absolute Gasteiger partial charge is 0.355 e. The first-order valence-corrected chi connectivity index (χ1v) is 17.6. The van der Waals surface area contributed by atoms with Crippen LogP contribution in [0.25, 0.3) is 10.9 Å². The molecule has 1 amide bonds. The molecule has 246 valence electrons. The zero-order valence-electron chi connectivity index (χ0n) is 27.2. The molecule has 0 radical (unpaired) electrons. The van der Waals surface area contributed by atoms with Gasteiger partial charge in [0.15, 0.2) is 5.78 Å². The first kappa shape index (κ1) is 32.2. The summed E-state index contributed by atoms with van der Waals surface area (Å²) in [6.45, 7) is 3.31. The van der Waals surface area contributed by atoms with Gasteiger partial charge < -0.3 is 18.9 Å². The number of Topliss-reactive ketones (excluding diaryl/α,β-unsaturated/α-hetero) is 1. The van der Waals surface area contributed by atoms with E-state index >= 15 is 0 Å². The average molecular weight is 623 g/mol. The van der Waals surface area contributed by atoms with Gasteiger partial charge in [-0.25, -0.2) is 4.79 Å². The van der Waals surface area contributed by atoms with E-state index in [2.05, 4.69) is 0 Å². The van der Waals surface area contributed by atoms with Crippen molar-refractivity contribution < 1.29 is 28.2 Å². The third kappa shape index (κ3) is 7.01. The summed E-state index contributed by atoms with van der Waals surface area (Å²) in [5.41, 5.74) is 2.29. The molecule has 2 saturated heterocycles. The Labute approximate surface area is 267 Å². The highest BCUT2D eigenvalue weighted by molar-refractivity contribution is 5.97. The number of aryl methyl sites for hydroxylation is 1. The molecule has 8 heteroatoms. The molecule has 0 unspecified atom stereocenters. The molecule has 2 aromatic rings. The van der Waals surface area contributed by atoms with Crippen LogP contribution in [0.1, 0.15) is 100 Å². The number of amides is 1. The van der Waals surface area contributed by atoms with Gasteiger partial charge >= 0.3 is 5.97 Å². The summed E-state index contributed by atoms with van der Waals surface area (Å²) in [6.07, 6.45) is 12.4. The number of carbonyl (C=O) groups is 3. The van der Waals surface area contributed by atoms with E-state index < -0.39 is 0 Å². The molecule has 2 aliphatic carbocycles. The van der Waals surface area contributed by atoms with Crippen molar-refractivity contribution in [2.45, 2.75) is 103 Å². The number of likely N-dealkylation sites (tertiary alicyclic amines) is 1. The molecule has 6 rings (SSSR count). The summed E-state index contributed by atoms with van der Waals surface area (Å²) in [7, 11) is 1.86. The van der Waals surface area contributed by atoms with Crippen molar-refractivity contribution in [3.8, 4) is 0 Å². The standard InChI is InChI=1S/C37H51FN2O5/c1-24(22-38)26-11-13-28(14-12-26)36(42)40-17-16-31(27-7-4-3-5-8-27)35(40)34(41)20-25-10-15-32-29(19-25)21-33(39(32)2)37(43)45-23-30-9-6-18-44-30/h10,15,19,21,24,26-28,30-31,35H,3-9,11-14,16-18,20,22-23H2,1-2H3/t24-,26?,28?,30+,31+,35+/m1/s1. The van der Waals surface area contributed by atoms with Crippen LogP contribution in [0.3, 0.4) is 0 Å². The predicted octanol–water partition coefficient (Wildman–Crippen LogP) is 6.84. The normalized spacial score (nSPS) is 28.4. The average Bonchev–Trinajstić information content (AvgIpc) is 3.83. The van der Waals surface area contributed by atoms with E-state index in [1.807, 2.05) is 47.7 Å². The summed E-state index contributed by atoms with van der Waals surface area (Å²) >= 11 is 0. The summed E-state index contributed by atoms with van der Waals surface area (Å²) in [5.74, 6) is 0.944. The van der Waals surface area contributed by atoms with Gasteiger partial charge in [0.1, 0.15) is 12.3 Å². The van der Waals surface area contributed by atoms with Gasteiger partial charge in [0.05, 0.1) is 18.8 Å². The lowest BCUT2D eigenvalue weighted by molar-refractivity contribution is -0.143. The molecule has 45 heavy (non-hydrogen) atoms. The Morgan fingerprint density at radius 2 is 1.76 bits per heavy atom. The third-order valence-corrected chi connectivity index (χ3v) is 11.6. The van der Waals surface area contributed by atoms with Gasteiger partial charge in [-0.3, -0.25) is 14.0 Å². The van der Waals surface area contributed by atoms with Gasteiger partial charge in [-0.1, -0.05) is 45.1 Å². The Hall–Kier alpha value is -2.74. The van der Waals surface area contributed by atoms with Crippen LogP contribution in [-0.4, -0.2) is 65.7 Å². The maximum Gasteiger partial charge on any atom is 0.355 e. The van der Waals surface area contributed by atoms with Crippen LogP contribution in [0.4, 0.5) is 4.39 Å². The molecule has 2 aliphatic heterocycles. The number of aromatic nitrogens is 1. The molecule has 1 aromatic carbocycles. The number of benzene rings is 1. The van der Waals surface area contributed by atoms with E-state index in [-0.39, 0.29) is 67.3 Å². The van der Waals surface area contributed by atoms with Crippen molar-refractivity contribution >= 4 is 28.6 Å². The van der Waals surface area contributed by atoms with Gasteiger partial charge in [0, 0.05) is 43.4 Å². The number of rotatable bonds is 10. The third-order valence-electron chi connectivity index (χ3n) is 11.6. The highest BCUT2D eigenvalue weighted by Gasteiger charge is 2.46. The lowest BCUT2D eigenvalue weighted by atomic mass is 9.74. The molecule has 1 aromatic heterocycles. The van der Waals surface area contributed by atoms with Gasteiger partial charge in [0.2, 0.25) is 5.91 Å². The number of hydrogen-bond acceptors (Lipinski definition) is 5. The van der Waals surface area contributed by atoms with E-state index in [0.717, 1.165) is 74.3 Å². The van der Waals surface area contributed by atoms with E-state index in [1.165, 1.54) is 19.3 Å². The Balaban J connectivity index is 1.17. The summed E-state index contributed by atoms with van der Waals surface area (Å²) < 4.78 is 26.3. The number of carbonyl (C=O) groups excluding carboxylic acids is 3. The number of ether oxygens (including phenoxy) is 2. The molecule has 0 N–H and O–H groups in total. The minimum Gasteiger partial charge on any atom is -0.458 e. The number of halogens is 1. The SMILES string of the molecule is C[C@H](CF)C1CCC(C(=O)N2CC[C@@H](C3CCCCC3)[C@H]2C(=O)Cc2ccc3c(c2)cc(C(=O)OC[C@@H]2CCCO2)n3C)CC1. The second-order valence-electron chi connectivity index (χ2n) is 14.4. The Morgan fingerprint density at radius 3 is 2.47 bits per heavy atom. The van der Waals surface area contributed by atoms with Crippen LogP contribution in [0.2, 0.25) is 0 Å². The minimum absolute atomic E-state index is 0.0270. The predicted molar refractivity (Wildman–Crippen MR) is 172 cm³/mol. The largest absolute Gasteiger partial charge is 0.458 e. The highest BCUT2D eigenvalue weighted by atomic mass is 19.1. The van der Waals surface area contributed by atoms with Crippen LogP contribution in [0, 0.1) is 29.6 Å². The second-order valence-corrected chi connectivity index (χ2v) is 14.4. The molecule has 7 nitrogen and oxygen atoms in total. The van der Waals surface area contributed by atoms with Crippen molar-refractivity contribution in [2.75, 3.05) is 26.4 Å². The Bertz CT molecular complexity index is 1350. The van der Waals surface area contributed by atoms with Gasteiger partial charge in [-0.05, 0) is 92.4 Å². The van der Waals surface area contributed by atoms with Crippen molar-refractivity contribution in [3.63, 3.8) is 0 Å². The lowest BCUT2D eigenvalue weighted by Crippen LogP contribution is -2.48. The van der Waals surface area contributed by atoms with Crippen LogP contribution in [0.5, 0.6) is 0 Å². The fourth-order valence-corrected chi connectivity index (χ4v) is 8.86. The fraction of sp³-hybridized carbons (Fsp3) is 0.703. The van der Waals surface area contributed by atoms with Crippen molar-refractivity contribution in [1.82, 2.24) is 9.47 Å². The number of esters is 1. The van der Waals surface area contributed by atoms with Crippen molar-refractivity contribution in [2.24, 2.45) is 36.6 Å². The zero-order valence-corrected chi connectivity index (χ0v) is 27.2. The molecule has 4 aliphatic rings. The first-order valence-electron chi connectivity index (χ1n) is 17.6.